The molecule has 0 amide bonds. The highest BCUT2D eigenvalue weighted by molar-refractivity contribution is 5.96. The first kappa shape index (κ1) is 16.5. The van der Waals surface area contributed by atoms with Gasteiger partial charge in [-0.05, 0) is 30.7 Å². The standard InChI is InChI=1S/C20H20N4O2/c1-12-3-2-4-13-9-14(11-26)19(24-18(12)13)16-10-17(21-7-8-25)23-20-15(16)5-6-22-20/h2-6,9-10,25-26H,7-8,11H2,1H3,(H2,21,22,23). The van der Waals surface area contributed by atoms with E-state index in [9.17, 15) is 5.11 Å². The largest absolute Gasteiger partial charge is 0.395 e. The number of anilines is 1. The molecule has 0 aliphatic heterocycles. The zero-order valence-electron chi connectivity index (χ0n) is 14.5. The molecule has 0 atom stereocenters. The van der Waals surface area contributed by atoms with Gasteiger partial charge in [0.05, 0.1) is 24.4 Å². The minimum Gasteiger partial charge on any atom is -0.395 e. The maximum Gasteiger partial charge on any atom is 0.140 e. The summed E-state index contributed by atoms with van der Waals surface area (Å²) in [5, 5.41) is 24.1. The summed E-state index contributed by atoms with van der Waals surface area (Å²) >= 11 is 0. The number of para-hydroxylation sites is 1. The lowest BCUT2D eigenvalue weighted by Gasteiger charge is -2.13. The molecule has 0 fully saturated rings. The Bertz CT molecular complexity index is 1090. The quantitative estimate of drug-likeness (QED) is 0.445. The maximum absolute atomic E-state index is 9.93. The first-order chi connectivity index (χ1) is 12.7. The van der Waals surface area contributed by atoms with E-state index in [0.717, 1.165) is 44.3 Å². The topological polar surface area (TPSA) is 94.1 Å². The van der Waals surface area contributed by atoms with Gasteiger partial charge in [-0.3, -0.25) is 0 Å². The average Bonchev–Trinajstić information content (AvgIpc) is 3.13. The summed E-state index contributed by atoms with van der Waals surface area (Å²) in [4.78, 5) is 12.5. The maximum atomic E-state index is 9.93. The number of aryl methyl sites for hydroxylation is 1. The summed E-state index contributed by atoms with van der Waals surface area (Å²) < 4.78 is 0. The van der Waals surface area contributed by atoms with Gasteiger partial charge in [0, 0.05) is 34.6 Å². The number of hydrogen-bond acceptors (Lipinski definition) is 5. The van der Waals surface area contributed by atoms with Crippen molar-refractivity contribution in [2.45, 2.75) is 13.5 Å². The smallest absolute Gasteiger partial charge is 0.140 e. The Balaban J connectivity index is 1.99. The molecule has 0 aliphatic rings. The van der Waals surface area contributed by atoms with Crippen LogP contribution in [-0.2, 0) is 6.61 Å². The zero-order chi connectivity index (χ0) is 18.1. The van der Waals surface area contributed by atoms with E-state index in [1.165, 1.54) is 0 Å². The highest BCUT2D eigenvalue weighted by Crippen LogP contribution is 2.33. The first-order valence-electron chi connectivity index (χ1n) is 8.54. The molecular formula is C20H20N4O2. The lowest BCUT2D eigenvalue weighted by Crippen LogP contribution is -2.07. The molecule has 6 nitrogen and oxygen atoms in total. The van der Waals surface area contributed by atoms with E-state index in [-0.39, 0.29) is 13.2 Å². The third-order valence-corrected chi connectivity index (χ3v) is 4.50. The van der Waals surface area contributed by atoms with Crippen LogP contribution in [0.3, 0.4) is 0 Å². The number of fused-ring (bicyclic) bond motifs is 2. The number of aliphatic hydroxyl groups excluding tert-OH is 2. The molecule has 0 aliphatic carbocycles. The molecule has 132 valence electrons. The van der Waals surface area contributed by atoms with Crippen LogP contribution in [-0.4, -0.2) is 38.3 Å². The molecule has 0 bridgehead atoms. The van der Waals surface area contributed by atoms with Crippen molar-refractivity contribution in [3.63, 3.8) is 0 Å². The van der Waals surface area contributed by atoms with Gasteiger partial charge in [-0.15, -0.1) is 0 Å². The highest BCUT2D eigenvalue weighted by Gasteiger charge is 2.15. The van der Waals surface area contributed by atoms with Crippen molar-refractivity contribution < 1.29 is 10.2 Å². The number of aromatic nitrogens is 3. The van der Waals surface area contributed by atoms with Crippen molar-refractivity contribution in [1.29, 1.82) is 0 Å². The van der Waals surface area contributed by atoms with Crippen molar-refractivity contribution in [1.82, 2.24) is 15.0 Å². The predicted octanol–water partition coefficient (Wildman–Crippen LogP) is 2.98. The molecule has 26 heavy (non-hydrogen) atoms. The van der Waals surface area contributed by atoms with Crippen LogP contribution in [0.4, 0.5) is 5.82 Å². The molecule has 4 aromatic rings. The Hall–Kier alpha value is -2.96. The first-order valence-corrected chi connectivity index (χ1v) is 8.54. The van der Waals surface area contributed by atoms with Crippen molar-refractivity contribution in [2.75, 3.05) is 18.5 Å². The number of benzene rings is 1. The Labute approximate surface area is 150 Å². The Kier molecular flexibility index (Phi) is 4.28. The molecule has 4 N–H and O–H groups in total. The summed E-state index contributed by atoms with van der Waals surface area (Å²) in [7, 11) is 0. The molecule has 0 unspecified atom stereocenters. The molecule has 0 saturated heterocycles. The second-order valence-electron chi connectivity index (χ2n) is 6.25. The summed E-state index contributed by atoms with van der Waals surface area (Å²) in [5.41, 5.74) is 5.15. The number of nitrogens with zero attached hydrogens (tertiary/aromatic N) is 2. The van der Waals surface area contributed by atoms with Gasteiger partial charge in [0.1, 0.15) is 11.5 Å². The van der Waals surface area contributed by atoms with Gasteiger partial charge >= 0.3 is 0 Å². The van der Waals surface area contributed by atoms with Crippen LogP contribution in [0, 0.1) is 6.92 Å². The third kappa shape index (κ3) is 2.79. The number of nitrogens with one attached hydrogen (secondary N) is 2. The number of hydrogen-bond donors (Lipinski definition) is 4. The lowest BCUT2D eigenvalue weighted by atomic mass is 10.0. The summed E-state index contributed by atoms with van der Waals surface area (Å²) in [6.07, 6.45) is 1.84. The Morgan fingerprint density at radius 3 is 2.81 bits per heavy atom. The van der Waals surface area contributed by atoms with Crippen molar-refractivity contribution >= 4 is 27.8 Å². The Morgan fingerprint density at radius 1 is 1.12 bits per heavy atom. The van der Waals surface area contributed by atoms with Gasteiger partial charge in [-0.25, -0.2) is 9.97 Å². The lowest BCUT2D eigenvalue weighted by molar-refractivity contribution is 0.282. The normalized spacial score (nSPS) is 11.3. The van der Waals surface area contributed by atoms with Gasteiger partial charge in [-0.1, -0.05) is 18.2 Å². The van der Waals surface area contributed by atoms with E-state index in [4.69, 9.17) is 10.1 Å². The summed E-state index contributed by atoms with van der Waals surface area (Å²) in [6.45, 7) is 2.37. The highest BCUT2D eigenvalue weighted by atomic mass is 16.3. The van der Waals surface area contributed by atoms with Crippen LogP contribution in [0.5, 0.6) is 0 Å². The van der Waals surface area contributed by atoms with Crippen molar-refractivity contribution in [3.05, 3.63) is 53.7 Å². The molecule has 1 aromatic carbocycles. The van der Waals surface area contributed by atoms with E-state index in [1.54, 1.807) is 0 Å². The molecule has 0 spiro atoms. The SMILES string of the molecule is Cc1cccc2cc(CO)c(-c3cc(NCCO)nc4[nH]ccc34)nc12. The second-order valence-corrected chi connectivity index (χ2v) is 6.25. The van der Waals surface area contributed by atoms with E-state index in [1.807, 2.05) is 49.5 Å². The van der Waals surface area contributed by atoms with E-state index < -0.39 is 0 Å². The van der Waals surface area contributed by atoms with Crippen molar-refractivity contribution in [2.24, 2.45) is 0 Å². The monoisotopic (exact) mass is 348 g/mol. The van der Waals surface area contributed by atoms with Gasteiger partial charge in [0.2, 0.25) is 0 Å². The summed E-state index contributed by atoms with van der Waals surface area (Å²) in [5.74, 6) is 0.652. The molecule has 3 heterocycles. The molecule has 4 rings (SSSR count). The van der Waals surface area contributed by atoms with Crippen LogP contribution in [0.15, 0.2) is 42.6 Å². The molecule has 3 aromatic heterocycles. The third-order valence-electron chi connectivity index (χ3n) is 4.50. The fraction of sp³-hybridized carbons (Fsp3) is 0.200. The van der Waals surface area contributed by atoms with Crippen LogP contribution in [0.1, 0.15) is 11.1 Å². The van der Waals surface area contributed by atoms with Gasteiger partial charge < -0.3 is 20.5 Å². The fourth-order valence-corrected chi connectivity index (χ4v) is 3.25. The van der Waals surface area contributed by atoms with E-state index in [0.29, 0.717) is 12.4 Å². The van der Waals surface area contributed by atoms with E-state index in [2.05, 4.69) is 15.3 Å². The molecule has 0 radical (unpaired) electrons. The van der Waals surface area contributed by atoms with Gasteiger partial charge in [-0.2, -0.15) is 0 Å². The zero-order valence-corrected chi connectivity index (χ0v) is 14.5. The van der Waals surface area contributed by atoms with Crippen LogP contribution < -0.4 is 5.32 Å². The van der Waals surface area contributed by atoms with E-state index >= 15 is 0 Å². The minimum atomic E-state index is -0.0974. The van der Waals surface area contributed by atoms with Crippen LogP contribution >= 0.6 is 0 Å². The van der Waals surface area contributed by atoms with Crippen LogP contribution in [0.2, 0.25) is 0 Å². The van der Waals surface area contributed by atoms with Gasteiger partial charge in [0.15, 0.2) is 0 Å². The molecule has 0 saturated carbocycles. The van der Waals surface area contributed by atoms with Gasteiger partial charge in [0.25, 0.3) is 0 Å². The molecule has 6 heteroatoms. The average molecular weight is 348 g/mol. The van der Waals surface area contributed by atoms with Crippen molar-refractivity contribution in [3.8, 4) is 11.3 Å². The number of rotatable bonds is 5. The summed E-state index contributed by atoms with van der Waals surface area (Å²) in [6, 6.07) is 11.9. The second kappa shape index (κ2) is 6.74. The Morgan fingerprint density at radius 2 is 2.00 bits per heavy atom. The fourth-order valence-electron chi connectivity index (χ4n) is 3.25. The number of aromatic amines is 1. The number of H-pyrrole nitrogens is 1. The van der Waals surface area contributed by atoms with Crippen LogP contribution in [0.25, 0.3) is 33.2 Å². The molecular weight excluding hydrogens is 328 g/mol. The number of pyridine rings is 2. The number of aliphatic hydroxyl groups is 2. The minimum absolute atomic E-state index is 0.0229. The predicted molar refractivity (Wildman–Crippen MR) is 103 cm³/mol.